The normalized spacial score (nSPS) is 14.0. The fourth-order valence-corrected chi connectivity index (χ4v) is 8.23. The first-order valence-electron chi connectivity index (χ1n) is 26.0. The molecule has 326 valence electrons. The Morgan fingerprint density at radius 3 is 2.06 bits per heavy atom. The number of ether oxygens (including phenoxy) is 1. The summed E-state index contributed by atoms with van der Waals surface area (Å²) in [7, 11) is 0. The molecule has 10 rings (SSSR count). The van der Waals surface area contributed by atoms with E-state index < -0.39 is 18.1 Å². The first-order valence-corrected chi connectivity index (χ1v) is 21.5. The summed E-state index contributed by atoms with van der Waals surface area (Å²) in [5, 5.41) is 0.912. The van der Waals surface area contributed by atoms with Gasteiger partial charge in [0.15, 0.2) is 0 Å². The van der Waals surface area contributed by atoms with E-state index in [4.69, 9.17) is 14.3 Å². The smallest absolute Gasteiger partial charge is 0.268 e. The molecule has 0 unspecified atom stereocenters. The molecule has 3 aromatic heterocycles. The molecule has 0 aliphatic heterocycles. The molecule has 0 saturated heterocycles. The van der Waals surface area contributed by atoms with Gasteiger partial charge in [-0.3, -0.25) is 4.57 Å². The molecule has 0 N–H and O–H groups in total. The molecule has 0 spiro atoms. The topological polar surface area (TPSA) is 35.9 Å². The van der Waals surface area contributed by atoms with Crippen LogP contribution in [0.3, 0.4) is 0 Å². The molecular weight excluding hydrogens is 976 g/mol. The average molecular weight is 1040 g/mol. The second-order valence-corrected chi connectivity index (χ2v) is 18.5. The van der Waals surface area contributed by atoms with Crippen LogP contribution in [0.4, 0.5) is 0 Å². The Hall–Kier alpha value is -6.55. The average Bonchev–Trinajstić information content (AvgIpc) is 3.92. The number of hydrogen-bond donors (Lipinski definition) is 0. The predicted octanol–water partition coefficient (Wildman–Crippen LogP) is 14.6. The molecule has 65 heavy (non-hydrogen) atoms. The number of hydrogen-bond acceptors (Lipinski definition) is 2. The Kier molecular flexibility index (Phi) is 8.92. The Bertz CT molecular complexity index is 3840. The van der Waals surface area contributed by atoms with Crippen molar-refractivity contribution in [2.75, 3.05) is 0 Å². The van der Waals surface area contributed by atoms with Crippen LogP contribution in [0.1, 0.15) is 90.3 Å². The molecule has 0 aliphatic carbocycles. The van der Waals surface area contributed by atoms with Gasteiger partial charge in [0.1, 0.15) is 5.82 Å². The Balaban J connectivity index is 0.00000672. The predicted molar refractivity (Wildman–Crippen MR) is 262 cm³/mol. The van der Waals surface area contributed by atoms with Gasteiger partial charge in [-0.2, -0.15) is 18.2 Å². The molecule has 0 bridgehead atoms. The second kappa shape index (κ2) is 17.1. The molecule has 10 aromatic rings. The number of para-hydroxylation sites is 4. The molecule has 0 aliphatic rings. The van der Waals surface area contributed by atoms with E-state index in [1.54, 1.807) is 35.0 Å². The molecule has 0 radical (unpaired) electrons. The number of aromatic nitrogens is 4. The number of nitrogens with zero attached hydrogens (tertiary/aromatic N) is 4. The van der Waals surface area contributed by atoms with Crippen molar-refractivity contribution in [3.63, 3.8) is 0 Å². The number of fused-ring (bicyclic) bond motifs is 4. The molecule has 0 fully saturated rings. The van der Waals surface area contributed by atoms with Crippen molar-refractivity contribution in [2.45, 2.75) is 72.1 Å². The Labute approximate surface area is 409 Å². The quantitative estimate of drug-likeness (QED) is 0.112. The van der Waals surface area contributed by atoms with Crippen molar-refractivity contribution >= 4 is 32.8 Å². The summed E-state index contributed by atoms with van der Waals surface area (Å²) >= 11 is 0. The zero-order chi connectivity index (χ0) is 52.2. The van der Waals surface area contributed by atoms with Gasteiger partial charge in [0, 0.05) is 44.3 Å². The van der Waals surface area contributed by atoms with Crippen LogP contribution in [-0.4, -0.2) is 14.1 Å². The van der Waals surface area contributed by atoms with Crippen LogP contribution in [0.5, 0.6) is 11.5 Å². The molecule has 0 amide bonds. The number of pyridine rings is 1. The fraction of sp³-hybridized carbons (Fsp3) is 0.186. The van der Waals surface area contributed by atoms with Crippen LogP contribution in [0.15, 0.2) is 164 Å². The maximum absolute atomic E-state index is 9.19. The molecular formula is C59H52N4OPt-2. The van der Waals surface area contributed by atoms with Gasteiger partial charge < -0.3 is 13.9 Å². The van der Waals surface area contributed by atoms with Crippen molar-refractivity contribution in [1.82, 2.24) is 14.1 Å². The van der Waals surface area contributed by atoms with Gasteiger partial charge in [-0.1, -0.05) is 170 Å². The van der Waals surface area contributed by atoms with Crippen molar-refractivity contribution < 1.29 is 42.7 Å². The van der Waals surface area contributed by atoms with Crippen molar-refractivity contribution in [2.24, 2.45) is 0 Å². The zero-order valence-electron chi connectivity index (χ0n) is 46.5. The Morgan fingerprint density at radius 1 is 0.646 bits per heavy atom. The van der Waals surface area contributed by atoms with E-state index in [0.717, 1.165) is 38.9 Å². The van der Waals surface area contributed by atoms with E-state index in [0.29, 0.717) is 50.5 Å². The van der Waals surface area contributed by atoms with E-state index in [-0.39, 0.29) is 85.1 Å². The van der Waals surface area contributed by atoms with Crippen molar-refractivity contribution in [3.05, 3.63) is 199 Å². The minimum Gasteiger partial charge on any atom is -0.510 e. The third-order valence-corrected chi connectivity index (χ3v) is 11.7. The van der Waals surface area contributed by atoms with Gasteiger partial charge >= 0.3 is 0 Å². The van der Waals surface area contributed by atoms with Gasteiger partial charge in [0.25, 0.3) is 6.33 Å². The maximum Gasteiger partial charge on any atom is 0.268 e. The van der Waals surface area contributed by atoms with Crippen molar-refractivity contribution in [3.8, 4) is 50.9 Å². The van der Waals surface area contributed by atoms with E-state index in [1.807, 2.05) is 69.8 Å². The number of imidazole rings is 1. The molecule has 3 heterocycles. The summed E-state index contributed by atoms with van der Waals surface area (Å²) < 4.78 is 91.4. The van der Waals surface area contributed by atoms with Crippen LogP contribution in [0.2, 0.25) is 0 Å². The van der Waals surface area contributed by atoms with Gasteiger partial charge in [-0.15, -0.1) is 29.7 Å². The third kappa shape index (κ3) is 8.24. The Morgan fingerprint density at radius 2 is 1.32 bits per heavy atom. The molecule has 7 aromatic carbocycles. The van der Waals surface area contributed by atoms with E-state index >= 15 is 0 Å². The van der Waals surface area contributed by atoms with Gasteiger partial charge in [0.05, 0.1) is 29.1 Å². The van der Waals surface area contributed by atoms with Gasteiger partial charge in [-0.05, 0) is 84.9 Å². The third-order valence-electron chi connectivity index (χ3n) is 11.7. The number of rotatable bonds is 8. The summed E-state index contributed by atoms with van der Waals surface area (Å²) in [5.74, 6) is 1.30. The van der Waals surface area contributed by atoms with Crippen LogP contribution in [0.25, 0.3) is 72.3 Å². The van der Waals surface area contributed by atoms with Gasteiger partial charge in [0.2, 0.25) is 0 Å². The van der Waals surface area contributed by atoms with E-state index in [9.17, 15) is 2.74 Å². The monoisotopic (exact) mass is 1040 g/mol. The molecule has 6 heteroatoms. The standard InChI is InChI=1S/C59H52N4O.Pt/c1-39(2)41-30-31-60-56(34-41)63-52-25-13-12-22-50(52)51-29-28-47(37-55(51)63)64-46-21-16-20-45(36-46)61-38-62(54-27-15-14-26-53(54)61)57-48(40-18-10-9-11-19-40)23-17-24-49(57)42-32-43(58(3,4)5)35-44(33-42)59(6,7)8;/h9-35,39H,1-8H3;/q-2;/i9D,10D,11D,12D,13D,18D,19D,22D,25D;. The molecule has 0 atom stereocenters. The minimum absolute atomic E-state index is 0. The minimum atomic E-state index is -0.472. The summed E-state index contributed by atoms with van der Waals surface area (Å²) in [6.07, 6.45) is 5.31. The first kappa shape index (κ1) is 33.9. The van der Waals surface area contributed by atoms with Crippen LogP contribution in [-0.2, 0) is 31.9 Å². The summed E-state index contributed by atoms with van der Waals surface area (Å²) in [6.45, 7) is 17.2. The summed E-state index contributed by atoms with van der Waals surface area (Å²) in [6, 6.07) is 36.7. The van der Waals surface area contributed by atoms with Crippen molar-refractivity contribution in [1.29, 1.82) is 0 Å². The maximum atomic E-state index is 9.19. The van der Waals surface area contributed by atoms with E-state index in [2.05, 4.69) is 97.0 Å². The molecule has 0 saturated carbocycles. The molecule has 5 nitrogen and oxygen atoms in total. The largest absolute Gasteiger partial charge is 0.510 e. The van der Waals surface area contributed by atoms with E-state index in [1.165, 1.54) is 0 Å². The van der Waals surface area contributed by atoms with Crippen LogP contribution in [0, 0.1) is 18.5 Å². The summed E-state index contributed by atoms with van der Waals surface area (Å²) in [5.41, 5.74) is 8.34. The fourth-order valence-electron chi connectivity index (χ4n) is 8.23. The SMILES string of the molecule is [2H]c1c([2H])c([2H])c(-c2cccc(-c3cc(C(C)(C)C)cc(C(C)(C)C)c3)c2-[n+]2[c-]n(-c3[c-]c(Oc4[c-]c5c(cc4)c4c([2H])c([2H])c([2H])c([2H])c4n5-c4cc(C(C)C)ccn4)ccc3)c3ccccc32)c([2H])c1[2H].[Pt]. The summed E-state index contributed by atoms with van der Waals surface area (Å²) in [4.78, 5) is 4.68. The van der Waals surface area contributed by atoms with Crippen LogP contribution < -0.4 is 9.30 Å². The van der Waals surface area contributed by atoms with Gasteiger partial charge in [-0.25, -0.2) is 4.98 Å². The van der Waals surface area contributed by atoms with Crippen LogP contribution >= 0.6 is 0 Å². The first-order chi connectivity index (χ1) is 34.5. The zero-order valence-corrected chi connectivity index (χ0v) is 39.8. The second-order valence-electron chi connectivity index (χ2n) is 18.5. The number of benzene rings is 7.